The minimum absolute atomic E-state index is 0.231. The van der Waals surface area contributed by atoms with Crippen molar-refractivity contribution in [2.45, 2.75) is 25.7 Å². The number of nitrogens with one attached hydrogen (secondary N) is 1. The van der Waals surface area contributed by atoms with Crippen molar-refractivity contribution in [3.63, 3.8) is 0 Å². The molecule has 4 heteroatoms. The van der Waals surface area contributed by atoms with E-state index < -0.39 is 5.97 Å². The predicted molar refractivity (Wildman–Crippen MR) is 83.7 cm³/mol. The summed E-state index contributed by atoms with van der Waals surface area (Å²) < 4.78 is 0. The molecule has 2 aromatic rings. The Morgan fingerprint density at radius 1 is 1.33 bits per heavy atom. The lowest BCUT2D eigenvalue weighted by atomic mass is 10.1. The van der Waals surface area contributed by atoms with E-state index in [0.717, 1.165) is 23.9 Å². The summed E-state index contributed by atoms with van der Waals surface area (Å²) in [6.45, 7) is 0.750. The van der Waals surface area contributed by atoms with Gasteiger partial charge in [0.2, 0.25) is 0 Å². The first kappa shape index (κ1) is 13.6. The summed E-state index contributed by atoms with van der Waals surface area (Å²) in [5.41, 5.74) is 3.18. The third kappa shape index (κ3) is 2.89. The molecule has 1 aromatic carbocycles. The zero-order chi connectivity index (χ0) is 14.7. The maximum absolute atomic E-state index is 11.4. The molecular formula is C17H18N2O2. The van der Waals surface area contributed by atoms with Crippen molar-refractivity contribution in [3.05, 3.63) is 47.7 Å². The number of benzene rings is 1. The lowest BCUT2D eigenvalue weighted by Crippen LogP contribution is -2.09. The van der Waals surface area contributed by atoms with E-state index in [-0.39, 0.29) is 5.56 Å². The molecule has 0 aliphatic heterocycles. The van der Waals surface area contributed by atoms with Gasteiger partial charge in [-0.15, -0.1) is 0 Å². The fraction of sp³-hybridized carbons (Fsp3) is 0.294. The number of rotatable bonds is 5. The average Bonchev–Trinajstić information content (AvgIpc) is 3.00. The summed E-state index contributed by atoms with van der Waals surface area (Å²) in [5.74, 6) is -0.948. The highest BCUT2D eigenvalue weighted by Crippen LogP contribution is 2.27. The third-order valence-corrected chi connectivity index (χ3v) is 3.89. The van der Waals surface area contributed by atoms with Crippen molar-refractivity contribution in [2.75, 3.05) is 11.9 Å². The van der Waals surface area contributed by atoms with Crippen LogP contribution >= 0.6 is 0 Å². The van der Waals surface area contributed by atoms with Gasteiger partial charge < -0.3 is 10.4 Å². The molecule has 1 aliphatic carbocycles. The van der Waals surface area contributed by atoms with Gasteiger partial charge in [0.25, 0.3) is 0 Å². The van der Waals surface area contributed by atoms with E-state index in [1.54, 1.807) is 0 Å². The van der Waals surface area contributed by atoms with Gasteiger partial charge in [-0.05, 0) is 31.7 Å². The van der Waals surface area contributed by atoms with Gasteiger partial charge in [0, 0.05) is 18.1 Å². The summed E-state index contributed by atoms with van der Waals surface area (Å²) in [6.07, 6.45) is 8.29. The molecular weight excluding hydrogens is 264 g/mol. The second-order valence-electron chi connectivity index (χ2n) is 5.30. The molecule has 0 saturated carbocycles. The average molecular weight is 282 g/mol. The summed E-state index contributed by atoms with van der Waals surface area (Å²) in [7, 11) is 0. The number of allylic oxidation sites excluding steroid dienone is 1. The largest absolute Gasteiger partial charge is 0.478 e. The van der Waals surface area contributed by atoms with Crippen LogP contribution in [0, 0.1) is 0 Å². The maximum atomic E-state index is 11.4. The van der Waals surface area contributed by atoms with E-state index in [0.29, 0.717) is 5.69 Å². The number of hydrogen-bond acceptors (Lipinski definition) is 3. The molecule has 0 radical (unpaired) electrons. The summed E-state index contributed by atoms with van der Waals surface area (Å²) >= 11 is 0. The molecule has 0 amide bonds. The molecule has 1 heterocycles. The minimum atomic E-state index is -0.948. The van der Waals surface area contributed by atoms with Gasteiger partial charge in [-0.3, -0.25) is 4.98 Å². The van der Waals surface area contributed by atoms with Crippen molar-refractivity contribution in [1.29, 1.82) is 0 Å². The van der Waals surface area contributed by atoms with Crippen LogP contribution in [-0.4, -0.2) is 22.6 Å². The smallest absolute Gasteiger partial charge is 0.339 e. The predicted octanol–water partition coefficient (Wildman–Crippen LogP) is 3.85. The lowest BCUT2D eigenvalue weighted by Gasteiger charge is -2.12. The Morgan fingerprint density at radius 2 is 2.19 bits per heavy atom. The van der Waals surface area contributed by atoms with E-state index >= 15 is 0 Å². The number of aromatic carboxylic acids is 1. The van der Waals surface area contributed by atoms with Crippen LogP contribution in [0.5, 0.6) is 0 Å². The summed E-state index contributed by atoms with van der Waals surface area (Å²) in [4.78, 5) is 15.6. The summed E-state index contributed by atoms with van der Waals surface area (Å²) in [5, 5.41) is 13.5. The van der Waals surface area contributed by atoms with Gasteiger partial charge in [0.1, 0.15) is 5.56 Å². The number of nitrogens with zero attached hydrogens (tertiary/aromatic N) is 1. The number of aromatic nitrogens is 1. The second-order valence-corrected chi connectivity index (χ2v) is 5.30. The van der Waals surface area contributed by atoms with Crippen LogP contribution in [0.4, 0.5) is 5.69 Å². The first-order valence-electron chi connectivity index (χ1n) is 7.28. The Kier molecular flexibility index (Phi) is 3.86. The number of hydrogen-bond donors (Lipinski definition) is 2. The normalized spacial score (nSPS) is 14.2. The second kappa shape index (κ2) is 5.95. The van der Waals surface area contributed by atoms with Gasteiger partial charge in [-0.1, -0.05) is 29.8 Å². The number of carbonyl (C=O) groups is 1. The van der Waals surface area contributed by atoms with Crippen molar-refractivity contribution in [3.8, 4) is 0 Å². The minimum Gasteiger partial charge on any atom is -0.478 e. The number of carboxylic acid groups (broad SMARTS) is 1. The molecule has 0 saturated heterocycles. The molecule has 0 atom stereocenters. The Bertz CT molecular complexity index is 707. The molecule has 0 spiro atoms. The zero-order valence-electron chi connectivity index (χ0n) is 11.8. The molecule has 0 unspecified atom stereocenters. The molecule has 2 N–H and O–H groups in total. The molecule has 4 nitrogen and oxygen atoms in total. The first-order chi connectivity index (χ1) is 10.3. The van der Waals surface area contributed by atoms with Gasteiger partial charge >= 0.3 is 5.97 Å². The molecule has 1 aliphatic rings. The standard InChI is InChI=1S/C17H18N2O2/c20-17(21)14-11-19-15-8-4-3-7-13(15)16(14)18-10-9-12-5-1-2-6-12/h3-5,7-8,11H,1-2,6,9-10H2,(H,18,19)(H,20,21). The maximum Gasteiger partial charge on any atom is 0.339 e. The Hall–Kier alpha value is -2.36. The van der Waals surface area contributed by atoms with Crippen molar-refractivity contribution >= 4 is 22.6 Å². The number of carboxylic acids is 1. The summed E-state index contributed by atoms with van der Waals surface area (Å²) in [6, 6.07) is 7.61. The van der Waals surface area contributed by atoms with Crippen LogP contribution < -0.4 is 5.32 Å². The highest BCUT2D eigenvalue weighted by molar-refractivity contribution is 6.04. The van der Waals surface area contributed by atoms with Gasteiger partial charge in [0.15, 0.2) is 0 Å². The van der Waals surface area contributed by atoms with E-state index in [1.807, 2.05) is 24.3 Å². The Morgan fingerprint density at radius 3 is 2.95 bits per heavy atom. The van der Waals surface area contributed by atoms with Crippen LogP contribution in [0.1, 0.15) is 36.0 Å². The van der Waals surface area contributed by atoms with Gasteiger partial charge in [-0.2, -0.15) is 0 Å². The lowest BCUT2D eigenvalue weighted by molar-refractivity contribution is 0.0697. The van der Waals surface area contributed by atoms with Crippen LogP contribution in [0.2, 0.25) is 0 Å². The van der Waals surface area contributed by atoms with Crippen LogP contribution in [0.3, 0.4) is 0 Å². The van der Waals surface area contributed by atoms with E-state index in [9.17, 15) is 9.90 Å². The van der Waals surface area contributed by atoms with Crippen LogP contribution in [0.15, 0.2) is 42.1 Å². The molecule has 3 rings (SSSR count). The van der Waals surface area contributed by atoms with Crippen molar-refractivity contribution in [2.24, 2.45) is 0 Å². The SMILES string of the molecule is O=C(O)c1cnc2ccccc2c1NCCC1=CCCC1. The third-order valence-electron chi connectivity index (χ3n) is 3.89. The number of fused-ring (bicyclic) bond motifs is 1. The first-order valence-corrected chi connectivity index (χ1v) is 7.28. The number of para-hydroxylation sites is 1. The van der Waals surface area contributed by atoms with Crippen molar-refractivity contribution in [1.82, 2.24) is 4.98 Å². The highest BCUT2D eigenvalue weighted by Gasteiger charge is 2.14. The molecule has 1 aromatic heterocycles. The molecule has 108 valence electrons. The highest BCUT2D eigenvalue weighted by atomic mass is 16.4. The van der Waals surface area contributed by atoms with Crippen molar-refractivity contribution < 1.29 is 9.90 Å². The fourth-order valence-corrected chi connectivity index (χ4v) is 2.81. The monoisotopic (exact) mass is 282 g/mol. The van der Waals surface area contributed by atoms with E-state index in [2.05, 4.69) is 16.4 Å². The quantitative estimate of drug-likeness (QED) is 0.818. The zero-order valence-corrected chi connectivity index (χ0v) is 11.8. The Balaban J connectivity index is 1.87. The van der Waals surface area contributed by atoms with E-state index in [4.69, 9.17) is 0 Å². The molecule has 0 fully saturated rings. The molecule has 21 heavy (non-hydrogen) atoms. The Labute approximate surface area is 123 Å². The molecule has 0 bridgehead atoms. The van der Waals surface area contributed by atoms with Gasteiger partial charge in [-0.25, -0.2) is 4.79 Å². The topological polar surface area (TPSA) is 62.2 Å². The van der Waals surface area contributed by atoms with Crippen LogP contribution in [-0.2, 0) is 0 Å². The fourth-order valence-electron chi connectivity index (χ4n) is 2.81. The number of anilines is 1. The van der Waals surface area contributed by atoms with Crippen LogP contribution in [0.25, 0.3) is 10.9 Å². The van der Waals surface area contributed by atoms with Gasteiger partial charge in [0.05, 0.1) is 11.2 Å². The van der Waals surface area contributed by atoms with E-state index in [1.165, 1.54) is 31.0 Å². The number of pyridine rings is 1.